The molecule has 2 aliphatic rings. The molecule has 1 aromatic carbocycles. The fraction of sp³-hybridized carbons (Fsp3) is 0.455. The second kappa shape index (κ2) is 7.36. The van der Waals surface area contributed by atoms with E-state index in [0.717, 1.165) is 17.5 Å². The van der Waals surface area contributed by atoms with E-state index >= 15 is 0 Å². The van der Waals surface area contributed by atoms with Gasteiger partial charge in [-0.15, -0.1) is 0 Å². The zero-order valence-corrected chi connectivity index (χ0v) is 16.9. The number of hydrogen-bond acceptors (Lipinski definition) is 5. The van der Waals surface area contributed by atoms with Crippen LogP contribution in [0.5, 0.6) is 0 Å². The van der Waals surface area contributed by atoms with Crippen LogP contribution in [0.1, 0.15) is 24.6 Å². The molecule has 8 heteroatoms. The van der Waals surface area contributed by atoms with Crippen LogP contribution in [0.15, 0.2) is 47.8 Å². The third-order valence-corrected chi connectivity index (χ3v) is 6.71. The number of fused-ring (bicyclic) bond motifs is 2. The standard InChI is InChI=1S/C22H25N5O3/c1-14-17-4-2-3-5-18(17)22(30)27(24-14)12-21(29)26-10-15-8-19(25-7-6-23-13-25)20(28)9-16(15)11-26/h2-7,13,15-16,19-20,28H,8-12H2,1H3/t15-,16+,19-,20-/m1/s1. The molecule has 1 N–H and O–H groups in total. The lowest BCUT2D eigenvalue weighted by Gasteiger charge is -2.35. The molecule has 3 aromatic rings. The number of hydrogen-bond donors (Lipinski definition) is 1. The third-order valence-electron chi connectivity index (χ3n) is 6.71. The number of imidazole rings is 1. The minimum atomic E-state index is -0.442. The van der Waals surface area contributed by atoms with Gasteiger partial charge in [0.25, 0.3) is 5.56 Å². The summed E-state index contributed by atoms with van der Waals surface area (Å²) in [5.41, 5.74) is 0.496. The van der Waals surface area contributed by atoms with Crippen molar-refractivity contribution in [3.05, 3.63) is 59.0 Å². The van der Waals surface area contributed by atoms with Gasteiger partial charge in [0.1, 0.15) is 6.54 Å². The average Bonchev–Trinajstić information content (AvgIpc) is 3.41. The highest BCUT2D eigenvalue weighted by molar-refractivity contribution is 5.83. The Bertz CT molecular complexity index is 1140. The number of amides is 1. The largest absolute Gasteiger partial charge is 0.391 e. The molecule has 1 amide bonds. The molecular weight excluding hydrogens is 382 g/mol. The van der Waals surface area contributed by atoms with Crippen LogP contribution in [0.25, 0.3) is 10.8 Å². The normalized spacial score (nSPS) is 26.1. The van der Waals surface area contributed by atoms with Gasteiger partial charge >= 0.3 is 0 Å². The van der Waals surface area contributed by atoms with E-state index in [1.165, 1.54) is 4.68 Å². The molecule has 3 heterocycles. The first kappa shape index (κ1) is 19.0. The van der Waals surface area contributed by atoms with Crippen LogP contribution in [0, 0.1) is 18.8 Å². The molecule has 2 fully saturated rings. The van der Waals surface area contributed by atoms with E-state index in [-0.39, 0.29) is 30.0 Å². The van der Waals surface area contributed by atoms with Gasteiger partial charge in [-0.3, -0.25) is 9.59 Å². The maximum absolute atomic E-state index is 13.0. The number of benzene rings is 1. The van der Waals surface area contributed by atoms with Crippen LogP contribution in [0.3, 0.4) is 0 Å². The molecule has 8 nitrogen and oxygen atoms in total. The first-order valence-corrected chi connectivity index (χ1v) is 10.4. The third kappa shape index (κ3) is 3.21. The molecule has 1 aliphatic carbocycles. The molecule has 0 unspecified atom stereocenters. The lowest BCUT2D eigenvalue weighted by atomic mass is 9.77. The predicted molar refractivity (Wildman–Crippen MR) is 111 cm³/mol. The summed E-state index contributed by atoms with van der Waals surface area (Å²) in [6.45, 7) is 3.07. The SMILES string of the molecule is Cc1nn(CC(=O)N2C[C@H]3C[C@@H](n4ccnc4)[C@H](O)C[C@H]3C2)c(=O)c2ccccc12. The van der Waals surface area contributed by atoms with Crippen molar-refractivity contribution in [3.8, 4) is 0 Å². The summed E-state index contributed by atoms with van der Waals surface area (Å²) < 4.78 is 3.25. The van der Waals surface area contributed by atoms with E-state index in [1.54, 1.807) is 18.6 Å². The van der Waals surface area contributed by atoms with Crippen molar-refractivity contribution in [1.82, 2.24) is 24.2 Å². The van der Waals surface area contributed by atoms with Gasteiger partial charge in [-0.05, 0) is 37.7 Å². The molecule has 5 rings (SSSR count). The van der Waals surface area contributed by atoms with Crippen molar-refractivity contribution in [2.45, 2.75) is 38.5 Å². The van der Waals surface area contributed by atoms with Crippen LogP contribution < -0.4 is 5.56 Å². The lowest BCUT2D eigenvalue weighted by molar-refractivity contribution is -0.131. The first-order valence-electron chi connectivity index (χ1n) is 10.4. The van der Waals surface area contributed by atoms with Crippen LogP contribution in [-0.4, -0.2) is 54.4 Å². The van der Waals surface area contributed by atoms with Gasteiger partial charge in [0, 0.05) is 30.9 Å². The van der Waals surface area contributed by atoms with Gasteiger partial charge in [0.15, 0.2) is 0 Å². The van der Waals surface area contributed by atoms with Crippen molar-refractivity contribution in [3.63, 3.8) is 0 Å². The second-order valence-electron chi connectivity index (χ2n) is 8.53. The second-order valence-corrected chi connectivity index (χ2v) is 8.53. The Morgan fingerprint density at radius 3 is 2.63 bits per heavy atom. The Morgan fingerprint density at radius 2 is 1.90 bits per heavy atom. The molecule has 1 aliphatic heterocycles. The molecule has 4 atom stereocenters. The minimum Gasteiger partial charge on any atom is -0.391 e. The van der Waals surface area contributed by atoms with Gasteiger partial charge in [0.2, 0.25) is 5.91 Å². The molecule has 156 valence electrons. The number of nitrogens with zero attached hydrogens (tertiary/aromatic N) is 5. The highest BCUT2D eigenvalue weighted by Crippen LogP contribution is 2.41. The van der Waals surface area contributed by atoms with Gasteiger partial charge in [-0.25, -0.2) is 9.67 Å². The van der Waals surface area contributed by atoms with Gasteiger partial charge in [0.05, 0.1) is 29.6 Å². The summed E-state index contributed by atoms with van der Waals surface area (Å²) in [6, 6.07) is 7.34. The van der Waals surface area contributed by atoms with E-state index in [4.69, 9.17) is 0 Å². The first-order chi connectivity index (χ1) is 14.5. The molecule has 2 aromatic heterocycles. The molecule has 0 spiro atoms. The number of rotatable bonds is 3. The summed E-state index contributed by atoms with van der Waals surface area (Å²) in [7, 11) is 0. The Hall–Kier alpha value is -3.00. The maximum atomic E-state index is 13.0. The lowest BCUT2D eigenvalue weighted by Crippen LogP contribution is -2.36. The molecule has 1 saturated carbocycles. The maximum Gasteiger partial charge on any atom is 0.275 e. The zero-order valence-electron chi connectivity index (χ0n) is 16.9. The molecular formula is C22H25N5O3. The van der Waals surface area contributed by atoms with Crippen molar-refractivity contribution in [2.75, 3.05) is 13.1 Å². The van der Waals surface area contributed by atoms with Crippen molar-refractivity contribution in [1.29, 1.82) is 0 Å². The number of aromatic nitrogens is 4. The number of aliphatic hydroxyl groups excluding tert-OH is 1. The van der Waals surface area contributed by atoms with E-state index in [2.05, 4.69) is 10.1 Å². The molecule has 0 bridgehead atoms. The molecule has 0 radical (unpaired) electrons. The van der Waals surface area contributed by atoms with Crippen LogP contribution in [0.4, 0.5) is 0 Å². The molecule has 30 heavy (non-hydrogen) atoms. The number of aliphatic hydroxyl groups is 1. The Labute approximate surface area is 173 Å². The van der Waals surface area contributed by atoms with Crippen molar-refractivity contribution >= 4 is 16.7 Å². The average molecular weight is 407 g/mol. The summed E-state index contributed by atoms with van der Waals surface area (Å²) >= 11 is 0. The Balaban J connectivity index is 1.32. The Kier molecular flexibility index (Phi) is 4.66. The fourth-order valence-electron chi connectivity index (χ4n) is 5.14. The summed E-state index contributed by atoms with van der Waals surface area (Å²) in [5, 5.41) is 16.4. The van der Waals surface area contributed by atoms with E-state index in [1.807, 2.05) is 40.8 Å². The highest BCUT2D eigenvalue weighted by atomic mass is 16.3. The molecule has 1 saturated heterocycles. The summed E-state index contributed by atoms with van der Waals surface area (Å²) in [4.78, 5) is 31.7. The van der Waals surface area contributed by atoms with Crippen molar-refractivity contribution < 1.29 is 9.90 Å². The van der Waals surface area contributed by atoms with E-state index in [0.29, 0.717) is 30.8 Å². The Morgan fingerprint density at radius 1 is 1.17 bits per heavy atom. The van der Waals surface area contributed by atoms with Crippen molar-refractivity contribution in [2.24, 2.45) is 11.8 Å². The summed E-state index contributed by atoms with van der Waals surface area (Å²) in [6.07, 6.45) is 6.39. The fourth-order valence-corrected chi connectivity index (χ4v) is 5.14. The number of likely N-dealkylation sites (tertiary alicyclic amines) is 1. The number of carbonyl (C=O) groups excluding carboxylic acids is 1. The smallest absolute Gasteiger partial charge is 0.275 e. The topological polar surface area (TPSA) is 93.2 Å². The predicted octanol–water partition coefficient (Wildman–Crippen LogP) is 1.37. The number of aryl methyl sites for hydroxylation is 1. The van der Waals surface area contributed by atoms with Gasteiger partial charge < -0.3 is 14.6 Å². The quantitative estimate of drug-likeness (QED) is 0.708. The zero-order chi connectivity index (χ0) is 20.8. The minimum absolute atomic E-state index is 0.00349. The van der Waals surface area contributed by atoms with E-state index < -0.39 is 6.10 Å². The van der Waals surface area contributed by atoms with E-state index in [9.17, 15) is 14.7 Å². The van der Waals surface area contributed by atoms with Gasteiger partial charge in [-0.2, -0.15) is 5.10 Å². The monoisotopic (exact) mass is 407 g/mol. The highest BCUT2D eigenvalue weighted by Gasteiger charge is 2.43. The van der Waals surface area contributed by atoms with Crippen LogP contribution in [-0.2, 0) is 11.3 Å². The van der Waals surface area contributed by atoms with Crippen LogP contribution >= 0.6 is 0 Å². The summed E-state index contributed by atoms with van der Waals surface area (Å²) in [5.74, 6) is 0.530. The van der Waals surface area contributed by atoms with Gasteiger partial charge in [-0.1, -0.05) is 18.2 Å². The number of carbonyl (C=O) groups is 1. The van der Waals surface area contributed by atoms with Crippen LogP contribution in [0.2, 0.25) is 0 Å².